The SMILES string of the molecule is O=C(O)CC1CSCCN1Cc1c[nH]c2ccccc12. The number of carboxylic acids is 1. The number of benzene rings is 1. The summed E-state index contributed by atoms with van der Waals surface area (Å²) in [7, 11) is 0. The highest BCUT2D eigenvalue weighted by molar-refractivity contribution is 7.99. The number of para-hydroxylation sites is 1. The van der Waals surface area contributed by atoms with Crippen molar-refractivity contribution in [3.63, 3.8) is 0 Å². The van der Waals surface area contributed by atoms with E-state index in [9.17, 15) is 4.79 Å². The Bertz CT molecular complexity index is 611. The summed E-state index contributed by atoms with van der Waals surface area (Å²) < 4.78 is 0. The topological polar surface area (TPSA) is 56.3 Å². The fourth-order valence-corrected chi connectivity index (χ4v) is 3.90. The van der Waals surface area contributed by atoms with E-state index in [4.69, 9.17) is 5.11 Å². The largest absolute Gasteiger partial charge is 0.481 e. The maximum Gasteiger partial charge on any atom is 0.304 e. The highest BCUT2D eigenvalue weighted by atomic mass is 32.2. The average molecular weight is 290 g/mol. The molecule has 0 amide bonds. The van der Waals surface area contributed by atoms with Crippen LogP contribution in [0, 0.1) is 0 Å². The Labute approximate surface area is 122 Å². The van der Waals surface area contributed by atoms with Gasteiger partial charge in [0.05, 0.1) is 6.42 Å². The molecule has 0 saturated carbocycles. The molecule has 0 spiro atoms. The first-order chi connectivity index (χ1) is 9.74. The molecule has 1 unspecified atom stereocenters. The molecule has 0 aliphatic carbocycles. The van der Waals surface area contributed by atoms with Gasteiger partial charge in [0.1, 0.15) is 0 Å². The van der Waals surface area contributed by atoms with Crippen LogP contribution in [0.1, 0.15) is 12.0 Å². The molecule has 1 aliphatic heterocycles. The van der Waals surface area contributed by atoms with E-state index in [2.05, 4.69) is 22.0 Å². The van der Waals surface area contributed by atoms with Gasteiger partial charge in [0.25, 0.3) is 0 Å². The maximum atomic E-state index is 11.0. The predicted molar refractivity (Wildman–Crippen MR) is 82.1 cm³/mol. The second-order valence-corrected chi connectivity index (χ2v) is 6.31. The molecule has 1 atom stereocenters. The smallest absolute Gasteiger partial charge is 0.304 e. The van der Waals surface area contributed by atoms with E-state index in [0.717, 1.165) is 30.1 Å². The van der Waals surface area contributed by atoms with Crippen LogP contribution in [0.4, 0.5) is 0 Å². The van der Waals surface area contributed by atoms with Gasteiger partial charge in [0.15, 0.2) is 0 Å². The molecule has 0 bridgehead atoms. The summed E-state index contributed by atoms with van der Waals surface area (Å²) in [6.07, 6.45) is 2.28. The maximum absolute atomic E-state index is 11.0. The summed E-state index contributed by atoms with van der Waals surface area (Å²) in [6, 6.07) is 8.39. The van der Waals surface area contributed by atoms with Gasteiger partial charge in [-0.05, 0) is 11.6 Å². The first-order valence-electron chi connectivity index (χ1n) is 6.82. The molecule has 1 aromatic carbocycles. The number of hydrogen-bond donors (Lipinski definition) is 2. The lowest BCUT2D eigenvalue weighted by molar-refractivity contribution is -0.138. The van der Waals surface area contributed by atoms with Crippen molar-refractivity contribution < 1.29 is 9.90 Å². The normalized spacial score (nSPS) is 20.3. The number of aromatic nitrogens is 1. The van der Waals surface area contributed by atoms with Gasteiger partial charge in [-0.1, -0.05) is 18.2 Å². The molecule has 5 heteroatoms. The Balaban J connectivity index is 1.79. The summed E-state index contributed by atoms with van der Waals surface area (Å²) in [5.74, 6) is 1.29. The molecule has 1 fully saturated rings. The lowest BCUT2D eigenvalue weighted by Gasteiger charge is -2.34. The molecule has 2 N–H and O–H groups in total. The zero-order valence-electron chi connectivity index (χ0n) is 11.2. The van der Waals surface area contributed by atoms with Crippen molar-refractivity contribution in [3.05, 3.63) is 36.0 Å². The number of nitrogens with zero attached hydrogens (tertiary/aromatic N) is 1. The van der Waals surface area contributed by atoms with E-state index >= 15 is 0 Å². The van der Waals surface area contributed by atoms with E-state index in [1.54, 1.807) is 0 Å². The molecule has 4 nitrogen and oxygen atoms in total. The first kappa shape index (κ1) is 13.5. The van der Waals surface area contributed by atoms with E-state index in [-0.39, 0.29) is 12.5 Å². The minimum atomic E-state index is -0.707. The molecule has 3 rings (SSSR count). The fraction of sp³-hybridized carbons (Fsp3) is 0.400. The van der Waals surface area contributed by atoms with Crippen molar-refractivity contribution in [2.75, 3.05) is 18.1 Å². The molecule has 0 radical (unpaired) electrons. The third-order valence-corrected chi connectivity index (χ3v) is 4.90. The Hall–Kier alpha value is -1.46. The van der Waals surface area contributed by atoms with Crippen LogP contribution in [0.15, 0.2) is 30.5 Å². The van der Waals surface area contributed by atoms with Gasteiger partial charge in [0.2, 0.25) is 0 Å². The van der Waals surface area contributed by atoms with E-state index in [1.165, 1.54) is 10.9 Å². The Morgan fingerprint density at radius 2 is 2.30 bits per heavy atom. The number of rotatable bonds is 4. The monoisotopic (exact) mass is 290 g/mol. The van der Waals surface area contributed by atoms with E-state index in [1.807, 2.05) is 30.1 Å². The van der Waals surface area contributed by atoms with Crippen LogP contribution in [0.5, 0.6) is 0 Å². The molecule has 1 saturated heterocycles. The molecule has 1 aliphatic rings. The summed E-state index contributed by atoms with van der Waals surface area (Å²) in [4.78, 5) is 16.6. The van der Waals surface area contributed by atoms with Gasteiger partial charge in [-0.2, -0.15) is 11.8 Å². The van der Waals surface area contributed by atoms with Crippen LogP contribution in [0.25, 0.3) is 10.9 Å². The van der Waals surface area contributed by atoms with Crippen LogP contribution in [0.3, 0.4) is 0 Å². The van der Waals surface area contributed by atoms with Crippen LogP contribution >= 0.6 is 11.8 Å². The van der Waals surface area contributed by atoms with Crippen molar-refractivity contribution in [3.8, 4) is 0 Å². The average Bonchev–Trinajstić information content (AvgIpc) is 2.84. The van der Waals surface area contributed by atoms with Crippen LogP contribution in [-0.4, -0.2) is 45.1 Å². The third kappa shape index (κ3) is 2.83. The molecule has 106 valence electrons. The fourth-order valence-electron chi connectivity index (χ4n) is 2.77. The quantitative estimate of drug-likeness (QED) is 0.908. The van der Waals surface area contributed by atoms with Gasteiger partial charge in [-0.25, -0.2) is 0 Å². The number of H-pyrrole nitrogens is 1. The van der Waals surface area contributed by atoms with Gasteiger partial charge < -0.3 is 10.1 Å². The van der Waals surface area contributed by atoms with Gasteiger partial charge in [-0.3, -0.25) is 9.69 Å². The second-order valence-electron chi connectivity index (χ2n) is 5.16. The highest BCUT2D eigenvalue weighted by Gasteiger charge is 2.25. The summed E-state index contributed by atoms with van der Waals surface area (Å²) in [5, 5.41) is 10.3. The molecule has 20 heavy (non-hydrogen) atoms. The van der Waals surface area contributed by atoms with Crippen molar-refractivity contribution in [1.82, 2.24) is 9.88 Å². The standard InChI is InChI=1S/C15H18N2O2S/c18-15(19)7-12-10-20-6-5-17(12)9-11-8-16-14-4-2-1-3-13(11)14/h1-4,8,12,16H,5-7,9-10H2,(H,18,19). The number of nitrogens with one attached hydrogen (secondary N) is 1. The molecule has 2 aromatic rings. The number of aliphatic carboxylic acids is 1. The number of carbonyl (C=O) groups is 1. The number of carboxylic acid groups (broad SMARTS) is 1. The van der Waals surface area contributed by atoms with Crippen molar-refractivity contribution in [1.29, 1.82) is 0 Å². The molecular formula is C15H18N2O2S. The summed E-state index contributed by atoms with van der Waals surface area (Å²) >= 11 is 1.85. The van der Waals surface area contributed by atoms with Gasteiger partial charge in [-0.15, -0.1) is 0 Å². The zero-order valence-corrected chi connectivity index (χ0v) is 12.0. The van der Waals surface area contributed by atoms with Crippen molar-refractivity contribution >= 4 is 28.6 Å². The van der Waals surface area contributed by atoms with Crippen LogP contribution in [-0.2, 0) is 11.3 Å². The third-order valence-electron chi connectivity index (χ3n) is 3.81. The second kappa shape index (κ2) is 5.89. The minimum Gasteiger partial charge on any atom is -0.481 e. The lowest BCUT2D eigenvalue weighted by atomic mass is 10.1. The van der Waals surface area contributed by atoms with Crippen molar-refractivity contribution in [2.45, 2.75) is 19.0 Å². The Morgan fingerprint density at radius 3 is 3.15 bits per heavy atom. The number of hydrogen-bond acceptors (Lipinski definition) is 3. The molecule has 1 aromatic heterocycles. The van der Waals surface area contributed by atoms with Crippen molar-refractivity contribution in [2.24, 2.45) is 0 Å². The molecular weight excluding hydrogens is 272 g/mol. The van der Waals surface area contributed by atoms with Gasteiger partial charge in [0, 0.05) is 47.7 Å². The number of fused-ring (bicyclic) bond motifs is 1. The first-order valence-corrected chi connectivity index (χ1v) is 7.98. The lowest BCUT2D eigenvalue weighted by Crippen LogP contribution is -2.42. The minimum absolute atomic E-state index is 0.139. The van der Waals surface area contributed by atoms with Crippen LogP contribution in [0.2, 0.25) is 0 Å². The van der Waals surface area contributed by atoms with Gasteiger partial charge >= 0.3 is 5.97 Å². The summed E-state index contributed by atoms with van der Waals surface area (Å²) in [6.45, 7) is 1.78. The van der Waals surface area contributed by atoms with Crippen LogP contribution < -0.4 is 0 Å². The number of aromatic amines is 1. The van der Waals surface area contributed by atoms with E-state index < -0.39 is 5.97 Å². The Kier molecular flexibility index (Phi) is 3.98. The molecule has 2 heterocycles. The predicted octanol–water partition coefficient (Wildman–Crippen LogP) is 2.56. The number of thioether (sulfide) groups is 1. The van der Waals surface area contributed by atoms with E-state index in [0.29, 0.717) is 0 Å². The Morgan fingerprint density at radius 1 is 1.45 bits per heavy atom. The summed E-state index contributed by atoms with van der Waals surface area (Å²) in [5.41, 5.74) is 2.39. The highest BCUT2D eigenvalue weighted by Crippen LogP contribution is 2.24. The zero-order chi connectivity index (χ0) is 13.9.